The van der Waals surface area contributed by atoms with Crippen molar-refractivity contribution < 1.29 is 17.9 Å². The molecule has 0 spiro atoms. The number of ether oxygens (including phenoxy) is 1. The molecule has 3 rings (SSSR count). The molecule has 2 aromatic carbocycles. The number of aryl methyl sites for hydroxylation is 1. The molecule has 0 aliphatic rings. The molecule has 0 atom stereocenters. The van der Waals surface area contributed by atoms with Gasteiger partial charge >= 0.3 is 6.03 Å². The highest BCUT2D eigenvalue weighted by Gasteiger charge is 2.18. The van der Waals surface area contributed by atoms with Crippen molar-refractivity contribution in [2.75, 3.05) is 12.4 Å². The van der Waals surface area contributed by atoms with Crippen molar-refractivity contribution in [3.8, 4) is 5.75 Å². The van der Waals surface area contributed by atoms with Crippen molar-refractivity contribution in [2.24, 2.45) is 0 Å². The number of nitrogens with zero attached hydrogens (tertiary/aromatic N) is 1. The molecule has 0 radical (unpaired) electrons. The number of carbonyl (C=O) groups is 1. The van der Waals surface area contributed by atoms with Gasteiger partial charge in [0.1, 0.15) is 5.75 Å². The average Bonchev–Trinajstić information content (AvgIpc) is 2.73. The lowest BCUT2D eigenvalue weighted by molar-refractivity contribution is 0.251. The topological polar surface area (TPSA) is 97.4 Å². The predicted molar refractivity (Wildman–Crippen MR) is 115 cm³/mol. The zero-order chi connectivity index (χ0) is 21.6. The third kappa shape index (κ3) is 5.57. The fourth-order valence-electron chi connectivity index (χ4n) is 2.91. The first kappa shape index (κ1) is 21.3. The molecule has 156 valence electrons. The van der Waals surface area contributed by atoms with Crippen molar-refractivity contribution in [1.82, 2.24) is 10.3 Å². The van der Waals surface area contributed by atoms with Crippen LogP contribution in [0.3, 0.4) is 0 Å². The summed E-state index contributed by atoms with van der Waals surface area (Å²) in [6, 6.07) is 14.8. The van der Waals surface area contributed by atoms with Gasteiger partial charge in [0.2, 0.25) is 0 Å². The number of amides is 2. The molecule has 0 saturated carbocycles. The lowest BCUT2D eigenvalue weighted by Gasteiger charge is -2.11. The maximum Gasteiger partial charge on any atom is 0.319 e. The van der Waals surface area contributed by atoms with Crippen LogP contribution in [0.5, 0.6) is 5.75 Å². The van der Waals surface area contributed by atoms with E-state index in [1.807, 2.05) is 19.1 Å². The minimum atomic E-state index is -3.57. The zero-order valence-electron chi connectivity index (χ0n) is 16.8. The van der Waals surface area contributed by atoms with Gasteiger partial charge in [-0.15, -0.1) is 0 Å². The van der Waals surface area contributed by atoms with Gasteiger partial charge in [-0.25, -0.2) is 13.2 Å². The maximum atomic E-state index is 12.8. The van der Waals surface area contributed by atoms with Crippen LogP contribution in [0.2, 0.25) is 0 Å². The number of hydrogen-bond acceptors (Lipinski definition) is 5. The Labute approximate surface area is 176 Å². The number of benzene rings is 2. The maximum absolute atomic E-state index is 12.8. The Morgan fingerprint density at radius 2 is 1.87 bits per heavy atom. The summed E-state index contributed by atoms with van der Waals surface area (Å²) in [5.74, 6) is 0.365. The van der Waals surface area contributed by atoms with Crippen molar-refractivity contribution in [2.45, 2.75) is 24.1 Å². The standard InChI is InChI=1S/C22H23N3O4S/c1-16-5-10-21(29-2)18(12-16)15-30(27,28)20-8-6-19(7-9-20)25-22(26)24-14-17-4-3-11-23-13-17/h3-13H,14-15H2,1-2H3,(H2,24,25,26). The van der Waals surface area contributed by atoms with E-state index in [1.165, 1.54) is 19.2 Å². The molecule has 2 amide bonds. The molecular weight excluding hydrogens is 402 g/mol. The summed E-state index contributed by atoms with van der Waals surface area (Å²) < 4.78 is 30.9. The molecule has 1 heterocycles. The first-order valence-corrected chi connectivity index (χ1v) is 10.9. The highest BCUT2D eigenvalue weighted by atomic mass is 32.2. The van der Waals surface area contributed by atoms with Crippen molar-refractivity contribution >= 4 is 21.6 Å². The summed E-state index contributed by atoms with van der Waals surface area (Å²) in [4.78, 5) is 16.2. The number of nitrogens with one attached hydrogen (secondary N) is 2. The molecule has 0 aliphatic carbocycles. The van der Waals surface area contributed by atoms with Crippen LogP contribution in [0, 0.1) is 6.92 Å². The Kier molecular flexibility index (Phi) is 6.68. The number of pyridine rings is 1. The van der Waals surface area contributed by atoms with Crippen LogP contribution in [0.25, 0.3) is 0 Å². The van der Waals surface area contributed by atoms with E-state index >= 15 is 0 Å². The van der Waals surface area contributed by atoms with Crippen LogP contribution < -0.4 is 15.4 Å². The lowest BCUT2D eigenvalue weighted by atomic mass is 10.1. The SMILES string of the molecule is COc1ccc(C)cc1CS(=O)(=O)c1ccc(NC(=O)NCc2cccnc2)cc1. The molecule has 0 fully saturated rings. The Morgan fingerprint density at radius 1 is 1.10 bits per heavy atom. The monoisotopic (exact) mass is 425 g/mol. The Hall–Kier alpha value is -3.39. The number of sulfone groups is 1. The molecule has 2 N–H and O–H groups in total. The van der Waals surface area contributed by atoms with Crippen molar-refractivity contribution in [3.63, 3.8) is 0 Å². The van der Waals surface area contributed by atoms with Crippen LogP contribution in [0.15, 0.2) is 71.9 Å². The normalized spacial score (nSPS) is 11.0. The number of hydrogen-bond donors (Lipinski definition) is 2. The fourth-order valence-corrected chi connectivity index (χ4v) is 4.27. The number of anilines is 1. The molecule has 0 saturated heterocycles. The predicted octanol–water partition coefficient (Wildman–Crippen LogP) is 3.69. The molecule has 0 aliphatic heterocycles. The van der Waals surface area contributed by atoms with Gasteiger partial charge in [-0.2, -0.15) is 0 Å². The number of methoxy groups -OCH3 is 1. The third-order valence-corrected chi connectivity index (χ3v) is 6.11. The molecule has 0 unspecified atom stereocenters. The number of rotatable bonds is 7. The zero-order valence-corrected chi connectivity index (χ0v) is 17.6. The van der Waals surface area contributed by atoms with Gasteiger partial charge in [0.15, 0.2) is 9.84 Å². The van der Waals surface area contributed by atoms with Crippen LogP contribution in [0.1, 0.15) is 16.7 Å². The number of aromatic nitrogens is 1. The minimum absolute atomic E-state index is 0.170. The highest BCUT2D eigenvalue weighted by molar-refractivity contribution is 7.90. The number of carbonyl (C=O) groups excluding carboxylic acids is 1. The fraction of sp³-hybridized carbons (Fsp3) is 0.182. The van der Waals surface area contributed by atoms with Crippen LogP contribution >= 0.6 is 0 Å². The summed E-state index contributed by atoms with van der Waals surface area (Å²) in [5, 5.41) is 5.40. The number of urea groups is 1. The second-order valence-electron chi connectivity index (χ2n) is 6.77. The molecule has 1 aromatic heterocycles. The molecule has 8 heteroatoms. The molecular formula is C22H23N3O4S. The van der Waals surface area contributed by atoms with Crippen LogP contribution in [-0.4, -0.2) is 26.5 Å². The molecule has 30 heavy (non-hydrogen) atoms. The van der Waals surface area contributed by atoms with Gasteiger partial charge < -0.3 is 15.4 Å². The van der Waals surface area contributed by atoms with E-state index in [0.717, 1.165) is 11.1 Å². The van der Waals surface area contributed by atoms with Gasteiger partial charge in [-0.3, -0.25) is 4.98 Å². The Balaban J connectivity index is 1.64. The van der Waals surface area contributed by atoms with E-state index in [0.29, 0.717) is 23.5 Å². The van der Waals surface area contributed by atoms with E-state index in [1.54, 1.807) is 42.7 Å². The first-order chi connectivity index (χ1) is 14.4. The summed E-state index contributed by atoms with van der Waals surface area (Å²) in [5.41, 5.74) is 2.93. The van der Waals surface area contributed by atoms with Crippen LogP contribution in [0.4, 0.5) is 10.5 Å². The second kappa shape index (κ2) is 9.41. The highest BCUT2D eigenvalue weighted by Crippen LogP contribution is 2.25. The quantitative estimate of drug-likeness (QED) is 0.602. The van der Waals surface area contributed by atoms with E-state index in [4.69, 9.17) is 4.74 Å². The van der Waals surface area contributed by atoms with E-state index in [-0.39, 0.29) is 16.7 Å². The van der Waals surface area contributed by atoms with Gasteiger partial charge in [-0.05, 0) is 48.9 Å². The summed E-state index contributed by atoms with van der Waals surface area (Å²) in [6.07, 6.45) is 3.33. The molecule has 0 bridgehead atoms. The lowest BCUT2D eigenvalue weighted by Crippen LogP contribution is -2.28. The van der Waals surface area contributed by atoms with Gasteiger partial charge in [0, 0.05) is 30.2 Å². The van der Waals surface area contributed by atoms with Crippen molar-refractivity contribution in [3.05, 3.63) is 83.7 Å². The Bertz CT molecular complexity index is 1110. The minimum Gasteiger partial charge on any atom is -0.496 e. The largest absolute Gasteiger partial charge is 0.496 e. The molecule has 3 aromatic rings. The van der Waals surface area contributed by atoms with E-state index < -0.39 is 9.84 Å². The summed E-state index contributed by atoms with van der Waals surface area (Å²) in [6.45, 7) is 2.24. The van der Waals surface area contributed by atoms with Gasteiger partial charge in [0.25, 0.3) is 0 Å². The second-order valence-corrected chi connectivity index (χ2v) is 8.76. The average molecular weight is 426 g/mol. The first-order valence-electron chi connectivity index (χ1n) is 9.27. The van der Waals surface area contributed by atoms with E-state index in [2.05, 4.69) is 15.6 Å². The molecule has 7 nitrogen and oxygen atoms in total. The van der Waals surface area contributed by atoms with E-state index in [9.17, 15) is 13.2 Å². The Morgan fingerprint density at radius 3 is 2.53 bits per heavy atom. The smallest absolute Gasteiger partial charge is 0.319 e. The summed E-state index contributed by atoms with van der Waals surface area (Å²) >= 11 is 0. The van der Waals surface area contributed by atoms with Gasteiger partial charge in [-0.1, -0.05) is 23.8 Å². The summed E-state index contributed by atoms with van der Waals surface area (Å²) in [7, 11) is -2.05. The third-order valence-electron chi connectivity index (χ3n) is 4.43. The van der Waals surface area contributed by atoms with Gasteiger partial charge in [0.05, 0.1) is 17.8 Å². The van der Waals surface area contributed by atoms with Crippen LogP contribution in [-0.2, 0) is 22.1 Å². The van der Waals surface area contributed by atoms with Crippen molar-refractivity contribution in [1.29, 1.82) is 0 Å².